The molecule has 2 rings (SSSR count). The summed E-state index contributed by atoms with van der Waals surface area (Å²) in [4.78, 5) is 0.171. The highest BCUT2D eigenvalue weighted by Gasteiger charge is 2.17. The normalized spacial score (nSPS) is 11.2. The molecule has 2 aromatic carbocycles. The van der Waals surface area contributed by atoms with Gasteiger partial charge in [-0.25, -0.2) is 8.42 Å². The van der Waals surface area contributed by atoms with Gasteiger partial charge in [-0.3, -0.25) is 4.72 Å². The van der Waals surface area contributed by atoms with Crippen molar-refractivity contribution in [3.8, 4) is 5.75 Å². The number of sulfonamides is 1. The number of hydrogen-bond donors (Lipinski definition) is 1. The number of ether oxygens (including phenoxy) is 1. The molecule has 0 spiro atoms. The van der Waals surface area contributed by atoms with Gasteiger partial charge in [0.1, 0.15) is 5.75 Å². The third-order valence-electron chi connectivity index (χ3n) is 3.06. The molecule has 0 unspecified atom stereocenters. The average Bonchev–Trinajstić information content (AvgIpc) is 2.48. The highest BCUT2D eigenvalue weighted by atomic mass is 79.9. The van der Waals surface area contributed by atoms with Gasteiger partial charge in [0.2, 0.25) is 0 Å². The van der Waals surface area contributed by atoms with Crippen molar-refractivity contribution in [2.24, 2.45) is 0 Å². The fourth-order valence-corrected chi connectivity index (χ4v) is 3.37. The van der Waals surface area contributed by atoms with Crippen LogP contribution in [-0.2, 0) is 10.0 Å². The van der Waals surface area contributed by atoms with Gasteiger partial charge in [-0.1, -0.05) is 25.1 Å². The Morgan fingerprint density at radius 2 is 1.91 bits per heavy atom. The summed E-state index contributed by atoms with van der Waals surface area (Å²) in [6.45, 7) is 4.39. The summed E-state index contributed by atoms with van der Waals surface area (Å²) in [5.74, 6) is 0.523. The number of hydrogen-bond acceptors (Lipinski definition) is 3. The fraction of sp³-hybridized carbons (Fsp3) is 0.250. The summed E-state index contributed by atoms with van der Waals surface area (Å²) >= 11 is 3.37. The van der Waals surface area contributed by atoms with Gasteiger partial charge in [0.25, 0.3) is 10.0 Å². The predicted molar refractivity (Wildman–Crippen MR) is 91.9 cm³/mol. The summed E-state index contributed by atoms with van der Waals surface area (Å²) in [7, 11) is -3.65. The second-order valence-corrected chi connectivity index (χ2v) is 7.40. The molecule has 0 aliphatic carbocycles. The van der Waals surface area contributed by atoms with Crippen LogP contribution in [0.15, 0.2) is 51.8 Å². The van der Waals surface area contributed by atoms with Crippen LogP contribution in [0.1, 0.15) is 18.9 Å². The largest absolute Gasteiger partial charge is 0.492 e. The quantitative estimate of drug-likeness (QED) is 0.806. The van der Waals surface area contributed by atoms with E-state index < -0.39 is 10.0 Å². The lowest BCUT2D eigenvalue weighted by Gasteiger charge is -2.12. The maximum absolute atomic E-state index is 12.5. The minimum Gasteiger partial charge on any atom is -0.492 e. The van der Waals surface area contributed by atoms with Gasteiger partial charge < -0.3 is 4.74 Å². The molecular weight excluding hydrogens is 366 g/mol. The predicted octanol–water partition coefficient (Wildman–Crippen LogP) is 4.35. The van der Waals surface area contributed by atoms with Crippen molar-refractivity contribution < 1.29 is 13.2 Å². The second-order valence-electron chi connectivity index (χ2n) is 4.86. The van der Waals surface area contributed by atoms with Crippen LogP contribution in [0, 0.1) is 6.92 Å². The molecule has 0 amide bonds. The zero-order valence-corrected chi connectivity index (χ0v) is 14.9. The van der Waals surface area contributed by atoms with E-state index in [1.54, 1.807) is 24.3 Å². The van der Waals surface area contributed by atoms with Crippen molar-refractivity contribution in [2.45, 2.75) is 25.2 Å². The maximum Gasteiger partial charge on any atom is 0.262 e. The van der Waals surface area contributed by atoms with Crippen molar-refractivity contribution in [1.29, 1.82) is 0 Å². The van der Waals surface area contributed by atoms with Gasteiger partial charge in [-0.05, 0) is 53.0 Å². The molecular formula is C16H18BrNO3S. The Morgan fingerprint density at radius 1 is 1.18 bits per heavy atom. The van der Waals surface area contributed by atoms with Crippen molar-refractivity contribution in [2.75, 3.05) is 11.3 Å². The van der Waals surface area contributed by atoms with Crippen LogP contribution < -0.4 is 9.46 Å². The highest BCUT2D eigenvalue weighted by molar-refractivity contribution is 9.10. The minimum atomic E-state index is -3.65. The molecule has 1 N–H and O–H groups in total. The van der Waals surface area contributed by atoms with Crippen LogP contribution in [0.5, 0.6) is 5.75 Å². The summed E-state index contributed by atoms with van der Waals surface area (Å²) in [5.41, 5.74) is 1.44. The Kier molecular flexibility index (Phi) is 5.47. The molecule has 0 radical (unpaired) electrons. The molecule has 22 heavy (non-hydrogen) atoms. The topological polar surface area (TPSA) is 55.4 Å². The molecule has 0 fully saturated rings. The lowest BCUT2D eigenvalue weighted by molar-refractivity contribution is 0.314. The maximum atomic E-state index is 12.5. The average molecular weight is 384 g/mol. The smallest absolute Gasteiger partial charge is 0.262 e. The summed E-state index contributed by atoms with van der Waals surface area (Å²) in [6, 6.07) is 12.0. The first-order valence-corrected chi connectivity index (χ1v) is 9.22. The van der Waals surface area contributed by atoms with Gasteiger partial charge in [-0.2, -0.15) is 0 Å². The number of aryl methyl sites for hydroxylation is 1. The molecule has 0 bridgehead atoms. The second kappa shape index (κ2) is 7.15. The molecule has 0 saturated carbocycles. The van der Waals surface area contributed by atoms with Crippen molar-refractivity contribution in [3.05, 3.63) is 52.5 Å². The molecule has 0 aliphatic heterocycles. The van der Waals surface area contributed by atoms with Crippen LogP contribution in [-0.4, -0.2) is 15.0 Å². The van der Waals surface area contributed by atoms with Crippen molar-refractivity contribution in [3.63, 3.8) is 0 Å². The fourth-order valence-electron chi connectivity index (χ4n) is 1.86. The Morgan fingerprint density at radius 3 is 2.59 bits per heavy atom. The first-order valence-electron chi connectivity index (χ1n) is 6.95. The summed E-state index contributed by atoms with van der Waals surface area (Å²) < 4.78 is 33.9. The van der Waals surface area contributed by atoms with E-state index in [-0.39, 0.29) is 4.90 Å². The van der Waals surface area contributed by atoms with Crippen LogP contribution >= 0.6 is 15.9 Å². The number of benzene rings is 2. The summed E-state index contributed by atoms with van der Waals surface area (Å²) in [5, 5.41) is 0. The van der Waals surface area contributed by atoms with Crippen molar-refractivity contribution >= 4 is 31.6 Å². The van der Waals surface area contributed by atoms with E-state index in [0.717, 1.165) is 16.5 Å². The van der Waals surface area contributed by atoms with E-state index in [0.29, 0.717) is 18.0 Å². The van der Waals surface area contributed by atoms with E-state index >= 15 is 0 Å². The lowest BCUT2D eigenvalue weighted by Crippen LogP contribution is -2.14. The third-order valence-corrected chi connectivity index (χ3v) is 5.08. The molecule has 6 heteroatoms. The number of nitrogens with one attached hydrogen (secondary N) is 1. The van der Waals surface area contributed by atoms with E-state index in [1.807, 2.05) is 26.0 Å². The van der Waals surface area contributed by atoms with Crippen LogP contribution in [0.25, 0.3) is 0 Å². The molecule has 0 aliphatic rings. The van der Waals surface area contributed by atoms with Gasteiger partial charge in [0, 0.05) is 6.07 Å². The van der Waals surface area contributed by atoms with E-state index in [2.05, 4.69) is 20.7 Å². The SMILES string of the molecule is CCCOc1cc(S(=O)(=O)Nc2ccccc2C)ccc1Br. The number of halogens is 1. The van der Waals surface area contributed by atoms with Crippen LogP contribution in [0.2, 0.25) is 0 Å². The van der Waals surface area contributed by atoms with Gasteiger partial charge >= 0.3 is 0 Å². The molecule has 0 atom stereocenters. The zero-order chi connectivity index (χ0) is 16.2. The van der Waals surface area contributed by atoms with Crippen LogP contribution in [0.4, 0.5) is 5.69 Å². The van der Waals surface area contributed by atoms with Gasteiger partial charge in [0.15, 0.2) is 0 Å². The molecule has 2 aromatic rings. The Hall–Kier alpha value is -1.53. The Balaban J connectivity index is 2.31. The molecule has 0 saturated heterocycles. The highest BCUT2D eigenvalue weighted by Crippen LogP contribution is 2.29. The van der Waals surface area contributed by atoms with Gasteiger partial charge in [0.05, 0.1) is 21.7 Å². The minimum absolute atomic E-state index is 0.171. The molecule has 0 heterocycles. The van der Waals surface area contributed by atoms with Gasteiger partial charge in [-0.15, -0.1) is 0 Å². The molecule has 0 aromatic heterocycles. The summed E-state index contributed by atoms with van der Waals surface area (Å²) in [6.07, 6.45) is 0.852. The molecule has 118 valence electrons. The van der Waals surface area contributed by atoms with E-state index in [1.165, 1.54) is 6.07 Å². The van der Waals surface area contributed by atoms with E-state index in [9.17, 15) is 8.42 Å². The van der Waals surface area contributed by atoms with Crippen molar-refractivity contribution in [1.82, 2.24) is 0 Å². The lowest BCUT2D eigenvalue weighted by atomic mass is 10.2. The zero-order valence-electron chi connectivity index (χ0n) is 12.5. The number of para-hydroxylation sites is 1. The van der Waals surface area contributed by atoms with E-state index in [4.69, 9.17) is 4.74 Å². The first kappa shape index (κ1) is 16.8. The molecule has 4 nitrogen and oxygen atoms in total. The first-order chi connectivity index (χ1) is 10.4. The number of anilines is 1. The third kappa shape index (κ3) is 4.01. The standard InChI is InChI=1S/C16H18BrNO3S/c1-3-10-21-16-11-13(8-9-14(16)17)22(19,20)18-15-7-5-4-6-12(15)2/h4-9,11,18H,3,10H2,1-2H3. The number of rotatable bonds is 6. The Labute approximate surface area is 139 Å². The van der Waals surface area contributed by atoms with Crippen LogP contribution in [0.3, 0.4) is 0 Å². The monoisotopic (exact) mass is 383 g/mol. The Bertz CT molecular complexity index is 760.